The van der Waals surface area contributed by atoms with E-state index in [1.165, 1.54) is 24.2 Å². The van der Waals surface area contributed by atoms with Crippen LogP contribution >= 0.6 is 11.6 Å². The van der Waals surface area contributed by atoms with Gasteiger partial charge in [0, 0.05) is 24.1 Å². The number of aryl methyl sites for hydroxylation is 2. The minimum absolute atomic E-state index is 0.137. The standard InChI is InChI=1S/C14H15ClN4O4/c1-9-5-11(12(23-2)6-10(9)15)17-14(20)3-4-18-7-13(16-8-18)19(21)22/h5-8H,3-4H2,1-2H3,(H,17,20). The third kappa shape index (κ3) is 4.19. The van der Waals surface area contributed by atoms with Crippen LogP contribution in [0.15, 0.2) is 24.7 Å². The van der Waals surface area contributed by atoms with Gasteiger partial charge in [-0.3, -0.25) is 4.79 Å². The van der Waals surface area contributed by atoms with Crippen molar-refractivity contribution in [3.8, 4) is 5.75 Å². The fourth-order valence-corrected chi connectivity index (χ4v) is 2.09. The number of hydrogen-bond donors (Lipinski definition) is 1. The van der Waals surface area contributed by atoms with Gasteiger partial charge in [-0.15, -0.1) is 0 Å². The van der Waals surface area contributed by atoms with E-state index in [4.69, 9.17) is 16.3 Å². The number of halogens is 1. The van der Waals surface area contributed by atoms with Crippen LogP contribution in [0.25, 0.3) is 0 Å². The lowest BCUT2D eigenvalue weighted by Crippen LogP contribution is -2.14. The molecule has 0 saturated carbocycles. The number of methoxy groups -OCH3 is 1. The van der Waals surface area contributed by atoms with Crippen molar-refractivity contribution >= 4 is 29.0 Å². The Labute approximate surface area is 137 Å². The summed E-state index contributed by atoms with van der Waals surface area (Å²) in [4.78, 5) is 25.6. The molecule has 9 heteroatoms. The largest absolute Gasteiger partial charge is 0.495 e. The molecule has 1 aromatic carbocycles. The summed E-state index contributed by atoms with van der Waals surface area (Å²) >= 11 is 6.01. The second-order valence-corrected chi connectivity index (χ2v) is 5.23. The molecular formula is C14H15ClN4O4. The number of hydrogen-bond acceptors (Lipinski definition) is 5. The maximum absolute atomic E-state index is 12.0. The third-order valence-electron chi connectivity index (χ3n) is 3.16. The van der Waals surface area contributed by atoms with Gasteiger partial charge in [0.1, 0.15) is 11.9 Å². The van der Waals surface area contributed by atoms with Gasteiger partial charge in [0.2, 0.25) is 12.2 Å². The highest BCUT2D eigenvalue weighted by Crippen LogP contribution is 2.31. The number of nitrogens with zero attached hydrogens (tertiary/aromatic N) is 3. The number of anilines is 1. The maximum atomic E-state index is 12.0. The van der Waals surface area contributed by atoms with Crippen molar-refractivity contribution < 1.29 is 14.5 Å². The summed E-state index contributed by atoms with van der Waals surface area (Å²) in [5, 5.41) is 13.8. The van der Waals surface area contributed by atoms with Gasteiger partial charge < -0.3 is 24.7 Å². The van der Waals surface area contributed by atoms with Crippen LogP contribution in [-0.2, 0) is 11.3 Å². The average Bonchev–Trinajstić information content (AvgIpc) is 2.98. The summed E-state index contributed by atoms with van der Waals surface area (Å²) in [6.07, 6.45) is 2.73. The van der Waals surface area contributed by atoms with E-state index in [0.717, 1.165) is 5.56 Å². The molecule has 2 rings (SSSR count). The summed E-state index contributed by atoms with van der Waals surface area (Å²) < 4.78 is 6.67. The smallest absolute Gasteiger partial charge is 0.381 e. The van der Waals surface area contributed by atoms with Crippen LogP contribution in [0.2, 0.25) is 5.02 Å². The molecule has 0 aliphatic carbocycles. The number of rotatable bonds is 6. The van der Waals surface area contributed by atoms with E-state index < -0.39 is 4.92 Å². The van der Waals surface area contributed by atoms with E-state index in [2.05, 4.69) is 10.3 Å². The first kappa shape index (κ1) is 16.8. The Kier molecular flexibility index (Phi) is 5.17. The van der Waals surface area contributed by atoms with Crippen LogP contribution in [0.4, 0.5) is 11.5 Å². The topological polar surface area (TPSA) is 99.3 Å². The first-order valence-corrected chi connectivity index (χ1v) is 7.08. The van der Waals surface area contributed by atoms with Gasteiger partial charge in [0.15, 0.2) is 0 Å². The average molecular weight is 339 g/mol. The number of ether oxygens (including phenoxy) is 1. The van der Waals surface area contributed by atoms with Gasteiger partial charge >= 0.3 is 5.82 Å². The van der Waals surface area contributed by atoms with Crippen molar-refractivity contribution in [2.45, 2.75) is 19.9 Å². The summed E-state index contributed by atoms with van der Waals surface area (Å²) in [5.74, 6) is -0.0333. The number of aromatic nitrogens is 2. The zero-order chi connectivity index (χ0) is 17.0. The fourth-order valence-electron chi connectivity index (χ4n) is 1.94. The number of amides is 1. The van der Waals surface area contributed by atoms with Gasteiger partial charge in [-0.05, 0) is 28.5 Å². The van der Waals surface area contributed by atoms with Crippen LogP contribution in [0.1, 0.15) is 12.0 Å². The number of nitrogens with one attached hydrogen (secondary N) is 1. The molecule has 1 N–H and O–H groups in total. The number of imidazole rings is 1. The number of carbonyl (C=O) groups excluding carboxylic acids is 1. The number of nitro groups is 1. The molecule has 122 valence electrons. The first-order valence-electron chi connectivity index (χ1n) is 6.71. The molecule has 1 amide bonds. The molecule has 0 saturated heterocycles. The second-order valence-electron chi connectivity index (χ2n) is 4.83. The lowest BCUT2D eigenvalue weighted by Gasteiger charge is -2.12. The van der Waals surface area contributed by atoms with Crippen molar-refractivity contribution in [3.05, 3.63) is 45.4 Å². The molecule has 8 nitrogen and oxygen atoms in total. The summed E-state index contributed by atoms with van der Waals surface area (Å²) in [7, 11) is 1.49. The highest BCUT2D eigenvalue weighted by atomic mass is 35.5. The van der Waals surface area contributed by atoms with Crippen LogP contribution in [0.3, 0.4) is 0 Å². The van der Waals surface area contributed by atoms with Crippen LogP contribution in [0.5, 0.6) is 5.75 Å². The minimum Gasteiger partial charge on any atom is -0.495 e. The fraction of sp³-hybridized carbons (Fsp3) is 0.286. The van der Waals surface area contributed by atoms with E-state index in [0.29, 0.717) is 16.5 Å². The van der Waals surface area contributed by atoms with E-state index in [9.17, 15) is 14.9 Å². The van der Waals surface area contributed by atoms with Crippen LogP contribution in [-0.4, -0.2) is 27.5 Å². The normalized spacial score (nSPS) is 10.4. The minimum atomic E-state index is -0.585. The van der Waals surface area contributed by atoms with Gasteiger partial charge in [-0.2, -0.15) is 0 Å². The lowest BCUT2D eigenvalue weighted by atomic mass is 10.2. The van der Waals surface area contributed by atoms with E-state index in [1.807, 2.05) is 6.92 Å². The molecule has 23 heavy (non-hydrogen) atoms. The Hall–Kier alpha value is -2.61. The zero-order valence-electron chi connectivity index (χ0n) is 12.6. The predicted molar refractivity (Wildman–Crippen MR) is 84.9 cm³/mol. The number of benzene rings is 1. The second kappa shape index (κ2) is 7.10. The molecular weight excluding hydrogens is 324 g/mol. The monoisotopic (exact) mass is 338 g/mol. The third-order valence-corrected chi connectivity index (χ3v) is 3.57. The molecule has 2 aromatic rings. The molecule has 0 atom stereocenters. The Morgan fingerprint density at radius 3 is 2.87 bits per heavy atom. The van der Waals surface area contributed by atoms with Gasteiger partial charge in [-0.1, -0.05) is 11.6 Å². The quantitative estimate of drug-likeness (QED) is 0.645. The van der Waals surface area contributed by atoms with Crippen LogP contribution < -0.4 is 10.1 Å². The summed E-state index contributed by atoms with van der Waals surface area (Å²) in [6.45, 7) is 2.10. The molecule has 0 bridgehead atoms. The number of carbonyl (C=O) groups is 1. The molecule has 0 unspecified atom stereocenters. The summed E-state index contributed by atoms with van der Waals surface area (Å²) in [5.41, 5.74) is 1.34. The highest BCUT2D eigenvalue weighted by Gasteiger charge is 2.13. The Morgan fingerprint density at radius 1 is 1.52 bits per heavy atom. The van der Waals surface area contributed by atoms with E-state index in [1.54, 1.807) is 12.1 Å². The molecule has 0 aliphatic rings. The Balaban J connectivity index is 1.99. The van der Waals surface area contributed by atoms with Gasteiger partial charge in [0.25, 0.3) is 0 Å². The predicted octanol–water partition coefficient (Wildman–Crippen LogP) is 2.79. The molecule has 1 aromatic heterocycles. The van der Waals surface area contributed by atoms with Crippen molar-refractivity contribution in [2.75, 3.05) is 12.4 Å². The maximum Gasteiger partial charge on any atom is 0.381 e. The SMILES string of the molecule is COc1cc(Cl)c(C)cc1NC(=O)CCn1cnc([N+](=O)[O-])c1. The van der Waals surface area contributed by atoms with E-state index in [-0.39, 0.29) is 24.7 Å². The van der Waals surface area contributed by atoms with Crippen molar-refractivity contribution in [1.82, 2.24) is 9.55 Å². The van der Waals surface area contributed by atoms with Crippen molar-refractivity contribution in [2.24, 2.45) is 0 Å². The van der Waals surface area contributed by atoms with Crippen molar-refractivity contribution in [1.29, 1.82) is 0 Å². The molecule has 0 radical (unpaired) electrons. The van der Waals surface area contributed by atoms with Gasteiger partial charge in [-0.25, -0.2) is 0 Å². The highest BCUT2D eigenvalue weighted by molar-refractivity contribution is 6.31. The lowest BCUT2D eigenvalue weighted by molar-refractivity contribution is -0.389. The Bertz CT molecular complexity index is 744. The van der Waals surface area contributed by atoms with E-state index >= 15 is 0 Å². The molecule has 0 spiro atoms. The summed E-state index contributed by atoms with van der Waals surface area (Å²) in [6, 6.07) is 3.35. The van der Waals surface area contributed by atoms with Crippen molar-refractivity contribution in [3.63, 3.8) is 0 Å². The van der Waals surface area contributed by atoms with Crippen LogP contribution in [0, 0.1) is 17.0 Å². The van der Waals surface area contributed by atoms with Gasteiger partial charge in [0.05, 0.1) is 12.8 Å². The molecule has 0 fully saturated rings. The Morgan fingerprint density at radius 2 is 2.26 bits per heavy atom. The zero-order valence-corrected chi connectivity index (χ0v) is 13.3. The first-order chi connectivity index (χ1) is 10.9. The molecule has 0 aliphatic heterocycles. The molecule has 1 heterocycles.